The molecule has 0 saturated heterocycles. The Morgan fingerprint density at radius 1 is 0.667 bits per heavy atom. The van der Waals surface area contributed by atoms with E-state index in [-0.39, 0.29) is 25.2 Å². The van der Waals surface area contributed by atoms with Crippen LogP contribution in [0.15, 0.2) is 82.8 Å². The first-order valence-corrected chi connectivity index (χ1v) is 14.2. The number of hydrogen-bond acceptors (Lipinski definition) is 4. The third kappa shape index (κ3) is 6.61. The van der Waals surface area contributed by atoms with E-state index in [1.54, 1.807) is 0 Å². The molecule has 4 aromatic rings. The Bertz CT molecular complexity index is 1160. The van der Waals surface area contributed by atoms with E-state index in [9.17, 15) is 0 Å². The molecule has 0 radical (unpaired) electrons. The number of para-hydroxylation sites is 2. The molecule has 0 spiro atoms. The van der Waals surface area contributed by atoms with Gasteiger partial charge >= 0.3 is 33.3 Å². The quantitative estimate of drug-likeness (QED) is 0.216. The topological polar surface area (TPSA) is 50.5 Å². The molecule has 0 unspecified atom stereocenters. The Labute approximate surface area is 208 Å². The van der Waals surface area contributed by atoms with Crippen LogP contribution in [0.4, 0.5) is 0 Å². The summed E-state index contributed by atoms with van der Waals surface area (Å²) in [7, 11) is 9.59. The van der Waals surface area contributed by atoms with E-state index in [1.165, 1.54) is 12.8 Å². The minimum absolute atomic E-state index is 0.00694. The zero-order valence-electron chi connectivity index (χ0n) is 18.0. The fraction of sp³-hybridized carbons (Fsp3) is 0.231. The standard InChI is InChI=1S/C26H24N4.2ClH.Mn/c1-3-9-23-19(7-1)13-15-21(29-23)17-27-25-11-5-6-12-26(25)28-18-22-16-14-20-8-2-4-10-24(20)30-22;;;/h1-4,7-10,13-18,25-26H,5-6,11-12H2;2*1H;/q;;;+2/p-2/t25-,26-;;;/m1.../s1. The van der Waals surface area contributed by atoms with Crippen molar-refractivity contribution in [3.63, 3.8) is 0 Å². The summed E-state index contributed by atoms with van der Waals surface area (Å²) in [6.07, 6.45) is 8.37. The van der Waals surface area contributed by atoms with Crippen molar-refractivity contribution < 1.29 is 13.1 Å². The Kier molecular flexibility index (Phi) is 8.85. The number of pyridine rings is 2. The minimum atomic E-state index is 0.00694. The van der Waals surface area contributed by atoms with Crippen molar-refractivity contribution >= 4 is 54.4 Å². The van der Waals surface area contributed by atoms with Gasteiger partial charge in [0.2, 0.25) is 0 Å². The molecule has 1 aliphatic rings. The molecule has 4 nitrogen and oxygen atoms in total. The van der Waals surface area contributed by atoms with Crippen LogP contribution in [-0.2, 0) is 13.1 Å². The van der Waals surface area contributed by atoms with Gasteiger partial charge in [-0.15, -0.1) is 0 Å². The van der Waals surface area contributed by atoms with Crippen LogP contribution in [0, 0.1) is 0 Å². The van der Waals surface area contributed by atoms with E-state index in [0.29, 0.717) is 0 Å². The van der Waals surface area contributed by atoms with E-state index in [1.807, 2.05) is 61.0 Å². The molecule has 7 heteroatoms. The molecule has 0 aliphatic heterocycles. The molecule has 2 heterocycles. The van der Waals surface area contributed by atoms with Crippen LogP contribution in [0.5, 0.6) is 0 Å². The molecule has 33 heavy (non-hydrogen) atoms. The number of nitrogens with zero attached hydrogens (tertiary/aromatic N) is 4. The van der Waals surface area contributed by atoms with Crippen LogP contribution in [0.1, 0.15) is 37.1 Å². The molecule has 2 aromatic heterocycles. The van der Waals surface area contributed by atoms with E-state index < -0.39 is 0 Å². The zero-order valence-corrected chi connectivity index (χ0v) is 20.7. The maximum absolute atomic E-state index is 4.88. The summed E-state index contributed by atoms with van der Waals surface area (Å²) < 4.78 is 0. The number of rotatable bonds is 4. The van der Waals surface area contributed by atoms with Gasteiger partial charge in [-0.25, -0.2) is 9.97 Å². The van der Waals surface area contributed by atoms with Crippen molar-refractivity contribution in [3.05, 3.63) is 84.2 Å². The van der Waals surface area contributed by atoms with E-state index in [2.05, 4.69) is 24.3 Å². The van der Waals surface area contributed by atoms with Gasteiger partial charge in [0.15, 0.2) is 0 Å². The van der Waals surface area contributed by atoms with Crippen LogP contribution in [0.25, 0.3) is 21.8 Å². The Hall–Kier alpha value is -2.30. The SMILES string of the molecule is C(=N[C@@H]1CCCC[C@H]1N=Cc1ccc2ccccc2n1)c1ccc2ccccc2n1.[Cl][Mn][Cl]. The van der Waals surface area contributed by atoms with Gasteiger partial charge in [-0.05, 0) is 37.1 Å². The number of fused-ring (bicyclic) bond motifs is 2. The summed E-state index contributed by atoms with van der Waals surface area (Å²) in [6, 6.07) is 25.0. The van der Waals surface area contributed by atoms with E-state index in [4.69, 9.17) is 40.1 Å². The molecule has 0 amide bonds. The molecule has 169 valence electrons. The fourth-order valence-corrected chi connectivity index (χ4v) is 4.09. The number of halogens is 2. The van der Waals surface area contributed by atoms with Gasteiger partial charge in [0, 0.05) is 23.2 Å². The summed E-state index contributed by atoms with van der Waals surface area (Å²) in [4.78, 5) is 19.2. The van der Waals surface area contributed by atoms with E-state index in [0.717, 1.165) is 46.0 Å². The molecular weight excluding hydrogens is 494 g/mol. The van der Waals surface area contributed by atoms with Crippen molar-refractivity contribution in [2.45, 2.75) is 37.8 Å². The van der Waals surface area contributed by atoms with Crippen LogP contribution in [0.2, 0.25) is 0 Å². The van der Waals surface area contributed by atoms with Gasteiger partial charge in [0.05, 0.1) is 34.5 Å². The van der Waals surface area contributed by atoms with Crippen molar-refractivity contribution in [2.75, 3.05) is 0 Å². The third-order valence-electron chi connectivity index (χ3n) is 5.73. The third-order valence-corrected chi connectivity index (χ3v) is 5.73. The average molecular weight is 518 g/mol. The molecular formula is C26H24Cl2MnN4. The van der Waals surface area contributed by atoms with E-state index >= 15 is 0 Å². The first kappa shape index (κ1) is 23.8. The van der Waals surface area contributed by atoms with Crippen molar-refractivity contribution in [1.29, 1.82) is 0 Å². The molecule has 0 bridgehead atoms. The zero-order chi connectivity index (χ0) is 22.9. The monoisotopic (exact) mass is 517 g/mol. The van der Waals surface area contributed by atoms with Crippen LogP contribution < -0.4 is 0 Å². The average Bonchev–Trinajstić information content (AvgIpc) is 2.87. The second-order valence-corrected chi connectivity index (χ2v) is 9.84. The number of hydrogen-bond donors (Lipinski definition) is 0. The predicted octanol–water partition coefficient (Wildman–Crippen LogP) is 7.01. The normalized spacial score (nSPS) is 18.6. The van der Waals surface area contributed by atoms with Crippen LogP contribution in [0.3, 0.4) is 0 Å². The molecule has 2 aromatic carbocycles. The maximum atomic E-state index is 4.88. The summed E-state index contributed by atoms with van der Waals surface area (Å²) in [5, 5.41) is 2.30. The second-order valence-electron chi connectivity index (χ2n) is 7.89. The summed E-state index contributed by atoms with van der Waals surface area (Å²) >= 11 is 0.00694. The molecule has 1 aliphatic carbocycles. The second kappa shape index (κ2) is 12.2. The van der Waals surface area contributed by atoms with Crippen molar-refractivity contribution in [3.8, 4) is 0 Å². The number of benzene rings is 2. The summed E-state index contributed by atoms with van der Waals surface area (Å²) in [5.41, 5.74) is 3.81. The molecule has 1 saturated carbocycles. The predicted molar refractivity (Wildman–Crippen MR) is 136 cm³/mol. The Morgan fingerprint density at radius 3 is 1.55 bits per heavy atom. The fourth-order valence-electron chi connectivity index (χ4n) is 4.09. The van der Waals surface area contributed by atoms with Gasteiger partial charge in [0.1, 0.15) is 0 Å². The van der Waals surface area contributed by atoms with Gasteiger partial charge in [-0.3, -0.25) is 9.98 Å². The molecule has 0 N–H and O–H groups in total. The van der Waals surface area contributed by atoms with Gasteiger partial charge in [-0.2, -0.15) is 0 Å². The molecule has 5 rings (SSSR count). The Morgan fingerprint density at radius 2 is 1.09 bits per heavy atom. The van der Waals surface area contributed by atoms with Crippen LogP contribution in [-0.4, -0.2) is 34.5 Å². The number of aromatic nitrogens is 2. The Balaban J connectivity index is 0.000000821. The van der Waals surface area contributed by atoms with Crippen molar-refractivity contribution in [1.82, 2.24) is 9.97 Å². The van der Waals surface area contributed by atoms with Gasteiger partial charge < -0.3 is 0 Å². The number of aliphatic imine (C=N–C) groups is 2. The first-order valence-electron chi connectivity index (χ1n) is 10.9. The van der Waals surface area contributed by atoms with Crippen molar-refractivity contribution in [2.24, 2.45) is 9.98 Å². The summed E-state index contributed by atoms with van der Waals surface area (Å²) in [5.74, 6) is 0. The van der Waals surface area contributed by atoms with Gasteiger partial charge in [0.25, 0.3) is 0 Å². The van der Waals surface area contributed by atoms with Crippen LogP contribution >= 0.6 is 20.2 Å². The van der Waals surface area contributed by atoms with Gasteiger partial charge in [-0.1, -0.05) is 61.4 Å². The summed E-state index contributed by atoms with van der Waals surface area (Å²) in [6.45, 7) is 0. The molecule has 1 fully saturated rings. The molecule has 2 atom stereocenters. The first-order chi connectivity index (χ1) is 16.3.